The second kappa shape index (κ2) is 5.19. The fraction of sp³-hybridized carbons (Fsp3) is 0.222. The topological polar surface area (TPSA) is 39.4 Å². The van der Waals surface area contributed by atoms with E-state index in [0.717, 1.165) is 23.6 Å². The molecule has 2 aromatic carbocycles. The second-order valence-corrected chi connectivity index (χ2v) is 6.74. The van der Waals surface area contributed by atoms with E-state index >= 15 is 0 Å². The van der Waals surface area contributed by atoms with Crippen molar-refractivity contribution in [2.45, 2.75) is 11.3 Å². The lowest BCUT2D eigenvalue weighted by Crippen LogP contribution is -2.36. The predicted octanol–water partition coefficient (Wildman–Crippen LogP) is 3.79. The molecular weight excluding hydrogens is 290 g/mol. The first-order valence-electron chi connectivity index (χ1n) is 7.40. The van der Waals surface area contributed by atoms with Crippen molar-refractivity contribution < 1.29 is 0 Å². The summed E-state index contributed by atoms with van der Waals surface area (Å²) in [6.45, 7) is 0.830. The number of nitrogens with zero attached hydrogens (tertiary/aromatic N) is 3. The molecule has 108 valence electrons. The van der Waals surface area contributed by atoms with Gasteiger partial charge in [-0.25, -0.2) is 0 Å². The zero-order chi connectivity index (χ0) is 15.0. The average molecular weight is 305 g/mol. The maximum atomic E-state index is 9.66. The van der Waals surface area contributed by atoms with Gasteiger partial charge in [0.15, 0.2) is 0 Å². The van der Waals surface area contributed by atoms with E-state index in [1.54, 1.807) is 11.8 Å². The number of hydrazone groups is 1. The number of nitriles is 1. The summed E-state index contributed by atoms with van der Waals surface area (Å²) in [6.07, 6.45) is 0.865. The summed E-state index contributed by atoms with van der Waals surface area (Å²) in [6, 6.07) is 23.0. The Labute approximate surface area is 134 Å². The third-order valence-electron chi connectivity index (χ3n) is 4.31. The predicted molar refractivity (Wildman–Crippen MR) is 89.1 cm³/mol. The highest BCUT2D eigenvalue weighted by atomic mass is 32.2. The third-order valence-corrected chi connectivity index (χ3v) is 5.87. The molecule has 0 radical (unpaired) electrons. The van der Waals surface area contributed by atoms with Gasteiger partial charge >= 0.3 is 0 Å². The average Bonchev–Trinajstić information content (AvgIpc) is 3.13. The van der Waals surface area contributed by atoms with Crippen LogP contribution >= 0.6 is 11.8 Å². The van der Waals surface area contributed by atoms with Crippen LogP contribution in [0.15, 0.2) is 65.8 Å². The first-order valence-corrected chi connectivity index (χ1v) is 8.22. The van der Waals surface area contributed by atoms with Crippen molar-refractivity contribution in [2.75, 3.05) is 6.54 Å². The van der Waals surface area contributed by atoms with Gasteiger partial charge in [0.2, 0.25) is 0 Å². The molecule has 0 aliphatic carbocycles. The normalized spacial score (nSPS) is 26.4. The van der Waals surface area contributed by atoms with Crippen molar-refractivity contribution in [3.8, 4) is 6.07 Å². The molecule has 2 aliphatic heterocycles. The van der Waals surface area contributed by atoms with Gasteiger partial charge in [-0.15, -0.1) is 0 Å². The molecule has 2 aliphatic rings. The Morgan fingerprint density at radius 1 is 1.09 bits per heavy atom. The minimum absolute atomic E-state index is 0.0511. The molecule has 22 heavy (non-hydrogen) atoms. The molecule has 1 fully saturated rings. The number of hydrogen-bond donors (Lipinski definition) is 0. The molecule has 0 amide bonds. The fourth-order valence-electron chi connectivity index (χ4n) is 3.25. The summed E-state index contributed by atoms with van der Waals surface area (Å²) in [5.74, 6) is -0.0511. The number of rotatable bonds is 2. The van der Waals surface area contributed by atoms with Gasteiger partial charge in [-0.1, -0.05) is 72.4 Å². The molecule has 1 saturated heterocycles. The van der Waals surface area contributed by atoms with Gasteiger partial charge in [0, 0.05) is 12.1 Å². The highest BCUT2D eigenvalue weighted by Crippen LogP contribution is 2.56. The van der Waals surface area contributed by atoms with Gasteiger partial charge < -0.3 is 0 Å². The van der Waals surface area contributed by atoms with Crippen LogP contribution < -0.4 is 0 Å². The van der Waals surface area contributed by atoms with Gasteiger partial charge in [0.1, 0.15) is 9.91 Å². The monoisotopic (exact) mass is 305 g/mol. The van der Waals surface area contributed by atoms with Gasteiger partial charge in [0.25, 0.3) is 0 Å². The highest BCUT2D eigenvalue weighted by molar-refractivity contribution is 8.15. The summed E-state index contributed by atoms with van der Waals surface area (Å²) in [5.41, 5.74) is 2.28. The van der Waals surface area contributed by atoms with Gasteiger partial charge in [-0.05, 0) is 12.0 Å². The highest BCUT2D eigenvalue weighted by Gasteiger charge is 2.55. The zero-order valence-corrected chi connectivity index (χ0v) is 12.8. The molecule has 2 heterocycles. The van der Waals surface area contributed by atoms with Crippen molar-refractivity contribution in [3.63, 3.8) is 0 Å². The Balaban J connectivity index is 1.80. The van der Waals surface area contributed by atoms with Crippen LogP contribution in [-0.4, -0.2) is 16.6 Å². The van der Waals surface area contributed by atoms with Crippen molar-refractivity contribution >= 4 is 16.8 Å². The second-order valence-electron chi connectivity index (χ2n) is 5.53. The van der Waals surface area contributed by atoms with E-state index in [1.807, 2.05) is 36.4 Å². The van der Waals surface area contributed by atoms with E-state index in [2.05, 4.69) is 35.3 Å². The van der Waals surface area contributed by atoms with Crippen molar-refractivity contribution in [1.82, 2.24) is 5.01 Å². The van der Waals surface area contributed by atoms with Crippen LogP contribution in [0.5, 0.6) is 0 Å². The summed E-state index contributed by atoms with van der Waals surface area (Å²) < 4.78 is 0. The number of fused-ring (bicyclic) bond motifs is 1. The number of hydrogen-bond acceptors (Lipinski definition) is 4. The summed E-state index contributed by atoms with van der Waals surface area (Å²) in [5, 5.41) is 17.6. The van der Waals surface area contributed by atoms with Crippen LogP contribution in [0.4, 0.5) is 0 Å². The summed E-state index contributed by atoms with van der Waals surface area (Å²) in [7, 11) is 0. The third kappa shape index (κ3) is 1.86. The van der Waals surface area contributed by atoms with Crippen LogP contribution in [0, 0.1) is 17.2 Å². The largest absolute Gasteiger partial charge is 0.273 e. The maximum Gasteiger partial charge on any atom is 0.150 e. The fourth-order valence-corrected chi connectivity index (χ4v) is 4.75. The molecule has 4 heteroatoms. The van der Waals surface area contributed by atoms with Crippen molar-refractivity contribution in [3.05, 3.63) is 71.8 Å². The van der Waals surface area contributed by atoms with E-state index in [-0.39, 0.29) is 10.8 Å². The molecule has 3 nitrogen and oxygen atoms in total. The van der Waals surface area contributed by atoms with E-state index in [9.17, 15) is 5.26 Å². The molecule has 2 atom stereocenters. The van der Waals surface area contributed by atoms with E-state index in [0.29, 0.717) is 0 Å². The number of benzene rings is 2. The van der Waals surface area contributed by atoms with E-state index in [1.165, 1.54) is 5.56 Å². The molecule has 4 rings (SSSR count). The number of thioether (sulfide) groups is 1. The molecule has 0 unspecified atom stereocenters. The minimum Gasteiger partial charge on any atom is -0.273 e. The standard InChI is InChI=1S/C18H15N3S/c19-13-16-11-12-21-18(16,15-9-5-2-6-10-15)22-17(20-21)14-7-3-1-4-8-14/h1-10,16H,11-12H2/t16-,18-/m0/s1. The Morgan fingerprint density at radius 2 is 1.77 bits per heavy atom. The Morgan fingerprint density at radius 3 is 2.45 bits per heavy atom. The molecule has 0 bridgehead atoms. The SMILES string of the molecule is N#C[C@@H]1CCN2N=C(c3ccccc3)S[C@@]12c1ccccc1. The lowest BCUT2D eigenvalue weighted by molar-refractivity contribution is 0.229. The Kier molecular flexibility index (Phi) is 3.16. The quantitative estimate of drug-likeness (QED) is 0.847. The molecular formula is C18H15N3S. The maximum absolute atomic E-state index is 9.66. The first-order chi connectivity index (χ1) is 10.8. The Hall–Kier alpha value is -2.25. The van der Waals surface area contributed by atoms with Crippen molar-refractivity contribution in [1.29, 1.82) is 5.26 Å². The van der Waals surface area contributed by atoms with E-state index in [4.69, 9.17) is 5.10 Å². The van der Waals surface area contributed by atoms with Gasteiger partial charge in [-0.3, -0.25) is 5.01 Å². The minimum atomic E-state index is -0.374. The summed E-state index contributed by atoms with van der Waals surface area (Å²) >= 11 is 1.72. The first kappa shape index (κ1) is 13.4. The van der Waals surface area contributed by atoms with Crippen LogP contribution in [0.2, 0.25) is 0 Å². The van der Waals surface area contributed by atoms with E-state index < -0.39 is 0 Å². The lowest BCUT2D eigenvalue weighted by atomic mass is 9.94. The zero-order valence-electron chi connectivity index (χ0n) is 12.0. The molecule has 0 spiro atoms. The van der Waals surface area contributed by atoms with Crippen LogP contribution in [-0.2, 0) is 4.87 Å². The van der Waals surface area contributed by atoms with Crippen LogP contribution in [0.3, 0.4) is 0 Å². The van der Waals surface area contributed by atoms with Crippen LogP contribution in [0.25, 0.3) is 0 Å². The molecule has 0 saturated carbocycles. The van der Waals surface area contributed by atoms with Gasteiger partial charge in [-0.2, -0.15) is 10.4 Å². The molecule has 2 aromatic rings. The Bertz CT molecular complexity index is 751. The molecule has 0 N–H and O–H groups in total. The smallest absolute Gasteiger partial charge is 0.150 e. The lowest BCUT2D eigenvalue weighted by Gasteiger charge is -2.33. The van der Waals surface area contributed by atoms with Gasteiger partial charge in [0.05, 0.1) is 12.0 Å². The van der Waals surface area contributed by atoms with Crippen LogP contribution in [0.1, 0.15) is 17.5 Å². The summed E-state index contributed by atoms with van der Waals surface area (Å²) in [4.78, 5) is -0.374. The molecule has 0 aromatic heterocycles. The van der Waals surface area contributed by atoms with Crippen molar-refractivity contribution in [2.24, 2.45) is 11.0 Å².